The maximum absolute atomic E-state index is 11.5. The van der Waals surface area contributed by atoms with Gasteiger partial charge in [-0.1, -0.05) is 23.9 Å². The fourth-order valence-electron chi connectivity index (χ4n) is 2.33. The molecule has 108 valence electrons. The van der Waals surface area contributed by atoms with Crippen LogP contribution in [-0.2, 0) is 14.3 Å². The summed E-state index contributed by atoms with van der Waals surface area (Å²) in [7, 11) is 1.30. The maximum atomic E-state index is 11.5. The van der Waals surface area contributed by atoms with E-state index in [4.69, 9.17) is 0 Å². The van der Waals surface area contributed by atoms with Crippen LogP contribution in [0.5, 0.6) is 0 Å². The molecule has 0 bridgehead atoms. The quantitative estimate of drug-likeness (QED) is 0.673. The first kappa shape index (κ1) is 13.7. The van der Waals surface area contributed by atoms with Gasteiger partial charge in [0.15, 0.2) is 0 Å². The molecule has 0 spiro atoms. The van der Waals surface area contributed by atoms with Crippen molar-refractivity contribution >= 4 is 34.5 Å². The lowest BCUT2D eigenvalue weighted by molar-refractivity contribution is -0.145. The van der Waals surface area contributed by atoms with Gasteiger partial charge in [0.1, 0.15) is 5.70 Å². The lowest BCUT2D eigenvalue weighted by Crippen LogP contribution is -2.48. The number of β-lactam (4-membered cyclic amide) rings is 1. The van der Waals surface area contributed by atoms with E-state index in [0.29, 0.717) is 22.5 Å². The van der Waals surface area contributed by atoms with Crippen molar-refractivity contribution in [2.75, 3.05) is 7.11 Å². The van der Waals surface area contributed by atoms with Crippen LogP contribution in [0.15, 0.2) is 30.0 Å². The molecule has 0 radical (unpaired) electrons. The van der Waals surface area contributed by atoms with Gasteiger partial charge in [-0.2, -0.15) is 0 Å². The minimum Gasteiger partial charge on any atom is -0.477 e. The number of amides is 1. The number of rotatable bonds is 3. The van der Waals surface area contributed by atoms with Crippen LogP contribution in [0.3, 0.4) is 0 Å². The third kappa shape index (κ3) is 2.09. The molecule has 2 aliphatic heterocycles. The molecule has 6 nitrogen and oxygen atoms in total. The molecule has 1 N–H and O–H groups in total. The van der Waals surface area contributed by atoms with E-state index in [2.05, 4.69) is 4.74 Å². The fourth-order valence-corrected chi connectivity index (χ4v) is 3.73. The fraction of sp³-hybridized carbons (Fsp3) is 0.214. The zero-order valence-electron chi connectivity index (χ0n) is 11.0. The van der Waals surface area contributed by atoms with Crippen molar-refractivity contribution in [2.45, 2.75) is 11.8 Å². The van der Waals surface area contributed by atoms with Crippen LogP contribution in [-0.4, -0.2) is 40.3 Å². The average Bonchev–Trinajstić information content (AvgIpc) is 2.79. The Morgan fingerprint density at radius 3 is 2.52 bits per heavy atom. The van der Waals surface area contributed by atoms with Gasteiger partial charge in [0.2, 0.25) is 5.91 Å². The molecule has 1 saturated heterocycles. The molecule has 0 aromatic heterocycles. The number of ether oxygens (including phenoxy) is 1. The summed E-state index contributed by atoms with van der Waals surface area (Å²) in [6, 6.07) is 6.47. The first-order chi connectivity index (χ1) is 10.0. The summed E-state index contributed by atoms with van der Waals surface area (Å²) in [4.78, 5) is 36.2. The summed E-state index contributed by atoms with van der Waals surface area (Å²) in [5.41, 5.74) is 1.08. The number of aliphatic carboxylic acids is 1. The van der Waals surface area contributed by atoms with Crippen LogP contribution in [0.2, 0.25) is 0 Å². The van der Waals surface area contributed by atoms with Gasteiger partial charge in [-0.15, -0.1) is 0 Å². The van der Waals surface area contributed by atoms with Crippen LogP contribution in [0.1, 0.15) is 22.3 Å². The number of carboxylic acids is 1. The first-order valence-corrected chi connectivity index (χ1v) is 7.06. The average molecular weight is 305 g/mol. The van der Waals surface area contributed by atoms with Crippen molar-refractivity contribution in [1.29, 1.82) is 0 Å². The van der Waals surface area contributed by atoms with E-state index in [1.165, 1.54) is 23.8 Å². The maximum Gasteiger partial charge on any atom is 0.353 e. The van der Waals surface area contributed by atoms with Gasteiger partial charge in [-0.25, -0.2) is 9.59 Å². The molecular weight excluding hydrogens is 294 g/mol. The topological polar surface area (TPSA) is 83.9 Å². The molecule has 2 aliphatic rings. The Morgan fingerprint density at radius 2 is 2.00 bits per heavy atom. The number of nitrogens with zero attached hydrogens (tertiary/aromatic N) is 1. The Balaban J connectivity index is 1.98. The normalized spacial score (nSPS) is 20.1. The van der Waals surface area contributed by atoms with Crippen molar-refractivity contribution < 1.29 is 24.2 Å². The minimum absolute atomic E-state index is 0.0204. The number of carbonyl (C=O) groups is 3. The number of methoxy groups -OCH3 is 1. The van der Waals surface area contributed by atoms with E-state index < -0.39 is 11.9 Å². The van der Waals surface area contributed by atoms with E-state index in [1.54, 1.807) is 24.3 Å². The summed E-state index contributed by atoms with van der Waals surface area (Å²) >= 11 is 1.36. The Hall–Kier alpha value is -2.28. The molecule has 1 unspecified atom stereocenters. The highest BCUT2D eigenvalue weighted by Gasteiger charge is 2.48. The van der Waals surface area contributed by atoms with E-state index in [9.17, 15) is 19.5 Å². The number of benzene rings is 1. The molecule has 3 rings (SSSR count). The van der Waals surface area contributed by atoms with Crippen LogP contribution in [0.4, 0.5) is 0 Å². The number of thioether (sulfide) groups is 1. The van der Waals surface area contributed by atoms with E-state index in [-0.39, 0.29) is 17.0 Å². The van der Waals surface area contributed by atoms with Crippen LogP contribution in [0.25, 0.3) is 4.91 Å². The second kappa shape index (κ2) is 4.92. The lowest BCUT2D eigenvalue weighted by atomic mass is 10.1. The summed E-state index contributed by atoms with van der Waals surface area (Å²) in [6.45, 7) is 0. The Bertz CT molecular complexity index is 679. The van der Waals surface area contributed by atoms with Gasteiger partial charge in [-0.05, 0) is 17.7 Å². The van der Waals surface area contributed by atoms with Crippen molar-refractivity contribution in [3.05, 3.63) is 41.1 Å². The molecule has 2 heterocycles. The Morgan fingerprint density at radius 1 is 1.33 bits per heavy atom. The van der Waals surface area contributed by atoms with Gasteiger partial charge < -0.3 is 9.84 Å². The summed E-state index contributed by atoms with van der Waals surface area (Å²) in [5, 5.41) is 9.20. The second-order valence-corrected chi connectivity index (χ2v) is 5.78. The highest BCUT2D eigenvalue weighted by atomic mass is 32.2. The molecule has 1 amide bonds. The molecule has 21 heavy (non-hydrogen) atoms. The minimum atomic E-state index is -1.12. The van der Waals surface area contributed by atoms with Crippen LogP contribution >= 0.6 is 11.8 Å². The van der Waals surface area contributed by atoms with Crippen molar-refractivity contribution in [3.8, 4) is 0 Å². The zero-order chi connectivity index (χ0) is 15.1. The molecule has 1 aromatic rings. The number of hydrogen-bond acceptors (Lipinski definition) is 5. The SMILES string of the molecule is COC(=O)c1ccc(C2=C(C(=O)O)N3C(=O)CC3S2)cc1. The van der Waals surface area contributed by atoms with E-state index >= 15 is 0 Å². The third-order valence-electron chi connectivity index (χ3n) is 3.39. The van der Waals surface area contributed by atoms with Crippen molar-refractivity contribution in [2.24, 2.45) is 0 Å². The Labute approximate surface area is 124 Å². The number of carbonyl (C=O) groups excluding carboxylic acids is 2. The zero-order valence-corrected chi connectivity index (χ0v) is 11.8. The summed E-state index contributed by atoms with van der Waals surface area (Å²) < 4.78 is 4.62. The summed E-state index contributed by atoms with van der Waals surface area (Å²) in [6.07, 6.45) is 0.352. The molecule has 1 aromatic carbocycles. The Kier molecular flexibility index (Phi) is 3.21. The monoisotopic (exact) mass is 305 g/mol. The van der Waals surface area contributed by atoms with Crippen molar-refractivity contribution in [1.82, 2.24) is 4.90 Å². The van der Waals surface area contributed by atoms with Crippen LogP contribution < -0.4 is 0 Å². The summed E-state index contributed by atoms with van der Waals surface area (Å²) in [5.74, 6) is -1.75. The highest BCUT2D eigenvalue weighted by Crippen LogP contribution is 2.50. The van der Waals surface area contributed by atoms with Crippen molar-refractivity contribution in [3.63, 3.8) is 0 Å². The molecular formula is C14H11NO5S. The van der Waals surface area contributed by atoms with Gasteiger partial charge >= 0.3 is 11.9 Å². The predicted octanol–water partition coefficient (Wildman–Crippen LogP) is 1.53. The van der Waals surface area contributed by atoms with E-state index in [1.807, 2.05) is 0 Å². The number of fused-ring (bicyclic) bond motifs is 1. The van der Waals surface area contributed by atoms with Gasteiger partial charge in [0.05, 0.1) is 24.5 Å². The van der Waals surface area contributed by atoms with E-state index in [0.717, 1.165) is 0 Å². The molecule has 0 aliphatic carbocycles. The molecule has 7 heteroatoms. The van der Waals surface area contributed by atoms with Gasteiger partial charge in [0, 0.05) is 4.91 Å². The van der Waals surface area contributed by atoms with Gasteiger partial charge in [-0.3, -0.25) is 9.69 Å². The number of carboxylic acid groups (broad SMARTS) is 1. The smallest absolute Gasteiger partial charge is 0.353 e. The molecule has 0 saturated carbocycles. The van der Waals surface area contributed by atoms with Crippen LogP contribution in [0, 0.1) is 0 Å². The highest BCUT2D eigenvalue weighted by molar-refractivity contribution is 8.09. The first-order valence-electron chi connectivity index (χ1n) is 6.18. The number of hydrogen-bond donors (Lipinski definition) is 1. The second-order valence-electron chi connectivity index (χ2n) is 4.59. The molecule has 1 fully saturated rings. The predicted molar refractivity (Wildman–Crippen MR) is 75.2 cm³/mol. The largest absolute Gasteiger partial charge is 0.477 e. The standard InChI is InChI=1S/C14H11NO5S/c1-20-14(19)8-4-2-7(3-5-8)12-11(13(17)18)15-9(16)6-10(15)21-12/h2-5,10H,6H2,1H3,(H,17,18). The van der Waals surface area contributed by atoms with Gasteiger partial charge in [0.25, 0.3) is 0 Å². The lowest BCUT2D eigenvalue weighted by Gasteiger charge is -2.33. The third-order valence-corrected chi connectivity index (χ3v) is 4.70. The molecule has 1 atom stereocenters. The number of esters is 1.